The van der Waals surface area contributed by atoms with Gasteiger partial charge in [-0.25, -0.2) is 0 Å². The molecule has 1 aliphatic rings. The molecule has 0 bridgehead atoms. The van der Waals surface area contributed by atoms with Crippen molar-refractivity contribution in [1.29, 1.82) is 0 Å². The van der Waals surface area contributed by atoms with Crippen LogP contribution in [0.4, 0.5) is 39.5 Å². The molecule has 0 amide bonds. The first kappa shape index (κ1) is 22.8. The van der Waals surface area contributed by atoms with Gasteiger partial charge in [0.2, 0.25) is 0 Å². The van der Waals surface area contributed by atoms with Crippen molar-refractivity contribution in [3.05, 3.63) is 11.7 Å². The van der Waals surface area contributed by atoms with Gasteiger partial charge in [-0.2, -0.15) is 44.5 Å². The summed E-state index contributed by atoms with van der Waals surface area (Å²) in [5.41, 5.74) is 0. The summed E-state index contributed by atoms with van der Waals surface area (Å²) < 4.78 is 121. The lowest BCUT2D eigenvalue weighted by atomic mass is 9.79. The lowest BCUT2D eigenvalue weighted by Crippen LogP contribution is -2.59. The fourth-order valence-corrected chi connectivity index (χ4v) is 3.24. The van der Waals surface area contributed by atoms with Gasteiger partial charge in [-0.1, -0.05) is 31.3 Å². The van der Waals surface area contributed by atoms with Gasteiger partial charge in [-0.15, -0.1) is 0 Å². The molecule has 12 heteroatoms. The standard InChI is InChI=1S/C16H19F9N2O/c1-2-3-4-9-5-7-10(8-6-9)11-26-12(28-27-11)13(17,18)14(19,20)15(21,22)16(23,24)25/h9-10H,2-8H2,1H3. The lowest BCUT2D eigenvalue weighted by Gasteiger charge is -2.31. The summed E-state index contributed by atoms with van der Waals surface area (Å²) in [7, 11) is 0. The van der Waals surface area contributed by atoms with E-state index in [0.29, 0.717) is 31.6 Å². The highest BCUT2D eigenvalue weighted by Crippen LogP contribution is 2.56. The van der Waals surface area contributed by atoms with Crippen LogP contribution in [0.25, 0.3) is 0 Å². The summed E-state index contributed by atoms with van der Waals surface area (Å²) >= 11 is 0. The van der Waals surface area contributed by atoms with Gasteiger partial charge in [0.15, 0.2) is 5.82 Å². The molecule has 0 atom stereocenters. The molecule has 1 saturated carbocycles. The second-order valence-corrected chi connectivity index (χ2v) is 7.04. The molecular formula is C16H19F9N2O. The Morgan fingerprint density at radius 3 is 1.96 bits per heavy atom. The Bertz CT molecular complexity index is 649. The van der Waals surface area contributed by atoms with Crippen molar-refractivity contribution in [3.8, 4) is 0 Å². The first-order valence-corrected chi connectivity index (χ1v) is 8.80. The third-order valence-electron chi connectivity index (χ3n) is 5.03. The first-order chi connectivity index (χ1) is 12.8. The molecule has 28 heavy (non-hydrogen) atoms. The van der Waals surface area contributed by atoms with Crippen LogP contribution in [-0.4, -0.2) is 28.2 Å². The molecule has 162 valence electrons. The maximum atomic E-state index is 13.8. The molecule has 3 nitrogen and oxygen atoms in total. The van der Waals surface area contributed by atoms with E-state index in [1.54, 1.807) is 0 Å². The van der Waals surface area contributed by atoms with E-state index in [0.717, 1.165) is 19.3 Å². The molecule has 0 saturated heterocycles. The fourth-order valence-electron chi connectivity index (χ4n) is 3.24. The van der Waals surface area contributed by atoms with Crippen LogP contribution in [0, 0.1) is 5.92 Å². The minimum Gasteiger partial charge on any atom is -0.332 e. The molecule has 0 aliphatic heterocycles. The fraction of sp³-hybridized carbons (Fsp3) is 0.875. The van der Waals surface area contributed by atoms with Crippen LogP contribution in [0.5, 0.6) is 0 Å². The predicted molar refractivity (Wildman–Crippen MR) is 78.4 cm³/mol. The van der Waals surface area contributed by atoms with E-state index < -0.39 is 41.6 Å². The van der Waals surface area contributed by atoms with Gasteiger partial charge in [0.1, 0.15) is 0 Å². The molecule has 0 spiro atoms. The Labute approximate surface area is 154 Å². The Kier molecular flexibility index (Phi) is 6.30. The Hall–Kier alpha value is -1.49. The van der Waals surface area contributed by atoms with Crippen molar-refractivity contribution in [3.63, 3.8) is 0 Å². The summed E-state index contributed by atoms with van der Waals surface area (Å²) in [6.07, 6.45) is -1.53. The van der Waals surface area contributed by atoms with Gasteiger partial charge in [-0.3, -0.25) is 0 Å². The van der Waals surface area contributed by atoms with Gasteiger partial charge in [-0.05, 0) is 31.6 Å². The quantitative estimate of drug-likeness (QED) is 0.470. The predicted octanol–water partition coefficient (Wildman–Crippen LogP) is 6.46. The first-order valence-electron chi connectivity index (χ1n) is 8.80. The maximum Gasteiger partial charge on any atom is 0.460 e. The van der Waals surface area contributed by atoms with Crippen molar-refractivity contribution in [2.45, 2.75) is 81.7 Å². The number of hydrogen-bond acceptors (Lipinski definition) is 3. The third-order valence-corrected chi connectivity index (χ3v) is 5.03. The van der Waals surface area contributed by atoms with Crippen molar-refractivity contribution in [1.82, 2.24) is 10.1 Å². The Morgan fingerprint density at radius 2 is 1.46 bits per heavy atom. The second kappa shape index (κ2) is 7.74. The summed E-state index contributed by atoms with van der Waals surface area (Å²) in [5.74, 6) is -22.5. The second-order valence-electron chi connectivity index (χ2n) is 7.04. The molecule has 1 fully saturated rings. The minimum atomic E-state index is -6.99. The molecule has 0 N–H and O–H groups in total. The van der Waals surface area contributed by atoms with E-state index in [1.165, 1.54) is 0 Å². The summed E-state index contributed by atoms with van der Waals surface area (Å²) in [6, 6.07) is 0. The molecule has 1 heterocycles. The highest BCUT2D eigenvalue weighted by atomic mass is 19.4. The van der Waals surface area contributed by atoms with E-state index in [2.05, 4.69) is 14.7 Å². The zero-order valence-electron chi connectivity index (χ0n) is 14.8. The number of aromatic nitrogens is 2. The van der Waals surface area contributed by atoms with Crippen molar-refractivity contribution in [2.24, 2.45) is 5.92 Å². The normalized spacial score (nSPS) is 22.5. The van der Waals surface area contributed by atoms with Crippen LogP contribution in [-0.2, 0) is 5.92 Å². The van der Waals surface area contributed by atoms with Gasteiger partial charge in [0, 0.05) is 5.92 Å². The number of rotatable bonds is 7. The zero-order valence-corrected chi connectivity index (χ0v) is 14.8. The van der Waals surface area contributed by atoms with Crippen LogP contribution >= 0.6 is 0 Å². The van der Waals surface area contributed by atoms with Crippen molar-refractivity contribution in [2.75, 3.05) is 0 Å². The summed E-state index contributed by atoms with van der Waals surface area (Å²) in [6.45, 7) is 2.03. The van der Waals surface area contributed by atoms with Crippen LogP contribution < -0.4 is 0 Å². The van der Waals surface area contributed by atoms with Gasteiger partial charge in [0.25, 0.3) is 0 Å². The van der Waals surface area contributed by atoms with Gasteiger partial charge < -0.3 is 4.52 Å². The monoisotopic (exact) mass is 426 g/mol. The van der Waals surface area contributed by atoms with E-state index in [9.17, 15) is 39.5 Å². The van der Waals surface area contributed by atoms with E-state index >= 15 is 0 Å². The molecule has 0 radical (unpaired) electrons. The molecule has 1 aromatic heterocycles. The van der Waals surface area contributed by atoms with E-state index in [-0.39, 0.29) is 0 Å². The zero-order chi connectivity index (χ0) is 21.4. The number of unbranched alkanes of at least 4 members (excludes halogenated alkanes) is 1. The number of nitrogens with zero attached hydrogens (tertiary/aromatic N) is 2. The third kappa shape index (κ3) is 3.96. The van der Waals surface area contributed by atoms with Crippen LogP contribution in [0.2, 0.25) is 0 Å². The SMILES string of the molecule is CCCCC1CCC(c2noc(C(F)(F)C(F)(F)C(F)(F)C(F)(F)F)n2)CC1. The summed E-state index contributed by atoms with van der Waals surface area (Å²) in [4.78, 5) is 3.05. The molecule has 1 aromatic rings. The van der Waals surface area contributed by atoms with Crippen LogP contribution in [0.3, 0.4) is 0 Å². The molecule has 0 aromatic carbocycles. The van der Waals surface area contributed by atoms with Crippen molar-refractivity contribution >= 4 is 0 Å². The summed E-state index contributed by atoms with van der Waals surface area (Å²) in [5, 5.41) is 3.13. The average molecular weight is 426 g/mol. The molecule has 1 aliphatic carbocycles. The highest BCUT2D eigenvalue weighted by molar-refractivity contribution is 5.09. The number of hydrogen-bond donors (Lipinski definition) is 0. The molecular weight excluding hydrogens is 407 g/mol. The van der Waals surface area contributed by atoms with E-state index in [4.69, 9.17) is 0 Å². The lowest BCUT2D eigenvalue weighted by molar-refractivity contribution is -0.402. The maximum absolute atomic E-state index is 13.8. The van der Waals surface area contributed by atoms with Crippen LogP contribution in [0.15, 0.2) is 4.52 Å². The average Bonchev–Trinajstić information content (AvgIpc) is 3.10. The number of alkyl halides is 9. The van der Waals surface area contributed by atoms with Crippen LogP contribution in [0.1, 0.15) is 69.5 Å². The highest BCUT2D eigenvalue weighted by Gasteiger charge is 2.83. The Balaban J connectivity index is 2.16. The van der Waals surface area contributed by atoms with Crippen molar-refractivity contribution < 1.29 is 44.0 Å². The largest absolute Gasteiger partial charge is 0.460 e. The van der Waals surface area contributed by atoms with E-state index in [1.807, 2.05) is 6.92 Å². The van der Waals surface area contributed by atoms with Gasteiger partial charge in [0.05, 0.1) is 0 Å². The number of halogens is 9. The topological polar surface area (TPSA) is 38.9 Å². The molecule has 0 unspecified atom stereocenters. The van der Waals surface area contributed by atoms with Gasteiger partial charge >= 0.3 is 29.8 Å². The Morgan fingerprint density at radius 1 is 0.893 bits per heavy atom. The molecule has 2 rings (SSSR count). The smallest absolute Gasteiger partial charge is 0.332 e. The minimum absolute atomic E-state index is 0.394.